The van der Waals surface area contributed by atoms with Gasteiger partial charge in [0.05, 0.1) is 12.5 Å². The zero-order chi connectivity index (χ0) is 9.45. The summed E-state index contributed by atoms with van der Waals surface area (Å²) in [6.07, 6.45) is 5.75. The third-order valence-electron chi connectivity index (χ3n) is 1.47. The van der Waals surface area contributed by atoms with Crippen molar-refractivity contribution >= 4 is 10.1 Å². The van der Waals surface area contributed by atoms with Gasteiger partial charge in [0, 0.05) is 0 Å². The summed E-state index contributed by atoms with van der Waals surface area (Å²) < 4.78 is 25.7. The van der Waals surface area contributed by atoms with E-state index >= 15 is 0 Å². The van der Waals surface area contributed by atoms with Crippen molar-refractivity contribution in [2.45, 2.75) is 32.6 Å². The van der Waals surface area contributed by atoms with Gasteiger partial charge in [-0.2, -0.15) is 8.42 Å². The van der Waals surface area contributed by atoms with Gasteiger partial charge in [-0.3, -0.25) is 4.18 Å². The Morgan fingerprint density at radius 1 is 1.33 bits per heavy atom. The van der Waals surface area contributed by atoms with Crippen LogP contribution in [-0.4, -0.2) is 15.5 Å². The smallest absolute Gasteiger partial charge is 0.270 e. The van der Waals surface area contributed by atoms with Crippen molar-refractivity contribution in [2.24, 2.45) is 0 Å². The van der Waals surface area contributed by atoms with Crippen LogP contribution in [0.4, 0.5) is 0 Å². The lowest BCUT2D eigenvalue weighted by atomic mass is 10.2. The van der Waals surface area contributed by atoms with Gasteiger partial charge in [0.1, 0.15) is 0 Å². The van der Waals surface area contributed by atoms with Gasteiger partial charge in [0.15, 0.2) is 0 Å². The predicted octanol–water partition coefficient (Wildman–Crippen LogP) is 2.06. The Labute approximate surface area is 74.6 Å². The molecule has 0 spiro atoms. The minimum atomic E-state index is -3.39. The molecule has 0 rings (SSSR count). The second kappa shape index (κ2) is 6.20. The molecule has 0 saturated carbocycles. The topological polar surface area (TPSA) is 43.4 Å². The Bertz CT molecular complexity index is 216. The van der Waals surface area contributed by atoms with E-state index in [-0.39, 0.29) is 0 Å². The lowest BCUT2D eigenvalue weighted by molar-refractivity contribution is 0.406. The van der Waals surface area contributed by atoms with Crippen LogP contribution >= 0.6 is 0 Å². The van der Waals surface area contributed by atoms with E-state index in [2.05, 4.69) is 11.1 Å². The summed E-state index contributed by atoms with van der Waals surface area (Å²) >= 11 is 0. The lowest BCUT2D eigenvalue weighted by Crippen LogP contribution is -1.95. The molecule has 0 atom stereocenters. The molecule has 0 amide bonds. The highest BCUT2D eigenvalue weighted by Gasteiger charge is 1.99. The van der Waals surface area contributed by atoms with Crippen LogP contribution in [0.15, 0.2) is 11.5 Å². The molecule has 0 aliphatic heterocycles. The molecule has 12 heavy (non-hydrogen) atoms. The molecule has 72 valence electrons. The SMILES string of the molecule is CCCCC/C=C/S(=O)(=O)OC. The largest absolute Gasteiger partial charge is 0.289 e. The van der Waals surface area contributed by atoms with Crippen molar-refractivity contribution in [1.82, 2.24) is 0 Å². The first-order chi connectivity index (χ1) is 5.62. The molecule has 0 radical (unpaired) electrons. The Morgan fingerprint density at radius 3 is 2.50 bits per heavy atom. The fourth-order valence-corrected chi connectivity index (χ4v) is 1.24. The number of hydrogen-bond donors (Lipinski definition) is 0. The lowest BCUT2D eigenvalue weighted by Gasteiger charge is -1.93. The van der Waals surface area contributed by atoms with E-state index in [0.29, 0.717) is 0 Å². The van der Waals surface area contributed by atoms with Gasteiger partial charge in [0.2, 0.25) is 0 Å². The van der Waals surface area contributed by atoms with Gasteiger partial charge in [-0.1, -0.05) is 25.8 Å². The van der Waals surface area contributed by atoms with Crippen LogP contribution in [0.3, 0.4) is 0 Å². The molecular formula is C8H16O3S. The van der Waals surface area contributed by atoms with E-state index in [1.54, 1.807) is 6.08 Å². The van der Waals surface area contributed by atoms with Crippen LogP contribution in [0.1, 0.15) is 32.6 Å². The van der Waals surface area contributed by atoms with Gasteiger partial charge in [-0.05, 0) is 12.8 Å². The van der Waals surface area contributed by atoms with E-state index < -0.39 is 10.1 Å². The third kappa shape index (κ3) is 6.37. The van der Waals surface area contributed by atoms with Crippen molar-refractivity contribution in [2.75, 3.05) is 7.11 Å². The van der Waals surface area contributed by atoms with Crippen molar-refractivity contribution in [3.8, 4) is 0 Å². The third-order valence-corrected chi connectivity index (χ3v) is 2.46. The van der Waals surface area contributed by atoms with Crippen molar-refractivity contribution < 1.29 is 12.6 Å². The van der Waals surface area contributed by atoms with E-state index in [9.17, 15) is 8.42 Å². The number of rotatable bonds is 6. The molecule has 0 aromatic heterocycles. The molecule has 0 N–H and O–H groups in total. The zero-order valence-electron chi connectivity index (χ0n) is 7.62. The monoisotopic (exact) mass is 192 g/mol. The molecule has 3 nitrogen and oxygen atoms in total. The molecule has 0 aromatic rings. The maximum absolute atomic E-state index is 10.7. The van der Waals surface area contributed by atoms with E-state index in [0.717, 1.165) is 38.2 Å². The summed E-state index contributed by atoms with van der Waals surface area (Å²) in [6, 6.07) is 0. The normalized spacial score (nSPS) is 12.5. The van der Waals surface area contributed by atoms with Crippen LogP contribution in [0, 0.1) is 0 Å². The molecule has 0 heterocycles. The predicted molar refractivity (Wildman–Crippen MR) is 49.2 cm³/mol. The number of unbranched alkanes of at least 4 members (excludes halogenated alkanes) is 3. The fraction of sp³-hybridized carbons (Fsp3) is 0.750. The Morgan fingerprint density at radius 2 is 2.00 bits per heavy atom. The first-order valence-electron chi connectivity index (χ1n) is 4.09. The molecule has 0 bridgehead atoms. The van der Waals surface area contributed by atoms with Crippen LogP contribution in [0.2, 0.25) is 0 Å². The van der Waals surface area contributed by atoms with E-state index in [1.165, 1.54) is 0 Å². The number of allylic oxidation sites excluding steroid dienone is 1. The summed E-state index contributed by atoms with van der Waals surface area (Å²) in [5.74, 6) is 0. The molecule has 0 fully saturated rings. The quantitative estimate of drug-likeness (QED) is 0.478. The second-order valence-electron chi connectivity index (χ2n) is 2.53. The Hall–Kier alpha value is -0.350. The Kier molecular flexibility index (Phi) is 6.02. The molecular weight excluding hydrogens is 176 g/mol. The first-order valence-corrected chi connectivity index (χ1v) is 5.56. The molecule has 0 aliphatic carbocycles. The second-order valence-corrected chi connectivity index (χ2v) is 4.12. The van der Waals surface area contributed by atoms with Crippen molar-refractivity contribution in [3.63, 3.8) is 0 Å². The standard InChI is InChI=1S/C8H16O3S/c1-3-4-5-6-7-8-12(9,10)11-2/h7-8H,3-6H2,1-2H3/b8-7+. The highest BCUT2D eigenvalue weighted by atomic mass is 32.2. The van der Waals surface area contributed by atoms with Gasteiger partial charge in [-0.25, -0.2) is 0 Å². The summed E-state index contributed by atoms with van der Waals surface area (Å²) in [5, 5.41) is 1.11. The average molecular weight is 192 g/mol. The highest BCUT2D eigenvalue weighted by Crippen LogP contribution is 2.01. The number of hydrogen-bond acceptors (Lipinski definition) is 3. The molecule has 0 aromatic carbocycles. The first kappa shape index (κ1) is 11.6. The summed E-state index contributed by atoms with van der Waals surface area (Å²) in [7, 11) is -2.23. The summed E-state index contributed by atoms with van der Waals surface area (Å²) in [4.78, 5) is 0. The average Bonchev–Trinajstić information content (AvgIpc) is 2.04. The van der Waals surface area contributed by atoms with E-state index in [1.807, 2.05) is 0 Å². The molecule has 0 saturated heterocycles. The van der Waals surface area contributed by atoms with Gasteiger partial charge < -0.3 is 0 Å². The van der Waals surface area contributed by atoms with Crippen LogP contribution < -0.4 is 0 Å². The van der Waals surface area contributed by atoms with Crippen LogP contribution in [0.25, 0.3) is 0 Å². The van der Waals surface area contributed by atoms with Gasteiger partial charge in [0.25, 0.3) is 10.1 Å². The minimum absolute atomic E-state index is 0.802. The zero-order valence-corrected chi connectivity index (χ0v) is 8.43. The summed E-state index contributed by atoms with van der Waals surface area (Å²) in [5.41, 5.74) is 0. The van der Waals surface area contributed by atoms with Gasteiger partial charge >= 0.3 is 0 Å². The summed E-state index contributed by atoms with van der Waals surface area (Å²) in [6.45, 7) is 2.11. The minimum Gasteiger partial charge on any atom is -0.270 e. The fourth-order valence-electron chi connectivity index (χ4n) is 0.754. The maximum Gasteiger partial charge on any atom is 0.289 e. The molecule has 0 unspecified atom stereocenters. The molecule has 0 aliphatic rings. The highest BCUT2D eigenvalue weighted by molar-refractivity contribution is 7.89. The van der Waals surface area contributed by atoms with Crippen LogP contribution in [-0.2, 0) is 14.3 Å². The molecule has 4 heteroatoms. The van der Waals surface area contributed by atoms with Crippen molar-refractivity contribution in [1.29, 1.82) is 0 Å². The Balaban J connectivity index is 3.63. The maximum atomic E-state index is 10.7. The van der Waals surface area contributed by atoms with Crippen molar-refractivity contribution in [3.05, 3.63) is 11.5 Å². The van der Waals surface area contributed by atoms with Gasteiger partial charge in [-0.15, -0.1) is 0 Å². The van der Waals surface area contributed by atoms with E-state index in [4.69, 9.17) is 0 Å². The van der Waals surface area contributed by atoms with Crippen LogP contribution in [0.5, 0.6) is 0 Å².